The molecule has 1 saturated heterocycles. The Labute approximate surface area is 114 Å². The van der Waals surface area contributed by atoms with Crippen molar-refractivity contribution in [3.8, 4) is 0 Å². The van der Waals surface area contributed by atoms with E-state index in [1.54, 1.807) is 0 Å². The average Bonchev–Trinajstić information content (AvgIpc) is 3.08. The van der Waals surface area contributed by atoms with E-state index >= 15 is 0 Å². The van der Waals surface area contributed by atoms with Crippen molar-refractivity contribution in [3.63, 3.8) is 0 Å². The Morgan fingerprint density at radius 2 is 1.61 bits per heavy atom. The number of hydrogen-bond acceptors (Lipinski definition) is 2. The van der Waals surface area contributed by atoms with Gasteiger partial charge in [0.25, 0.3) is 0 Å². The van der Waals surface area contributed by atoms with Gasteiger partial charge in [0.15, 0.2) is 0 Å². The van der Waals surface area contributed by atoms with Gasteiger partial charge in [0, 0.05) is 32.2 Å². The molecule has 2 fully saturated rings. The lowest BCUT2D eigenvalue weighted by Crippen LogP contribution is -2.48. The third-order valence-electron chi connectivity index (χ3n) is 5.51. The van der Waals surface area contributed by atoms with Gasteiger partial charge in [-0.2, -0.15) is 0 Å². The van der Waals surface area contributed by atoms with Crippen molar-refractivity contribution in [2.24, 2.45) is 23.7 Å². The quantitative estimate of drug-likeness (QED) is 0.742. The van der Waals surface area contributed by atoms with Gasteiger partial charge in [-0.25, -0.2) is 0 Å². The van der Waals surface area contributed by atoms with Gasteiger partial charge in [-0.1, -0.05) is 20.8 Å². The molecule has 0 aromatic carbocycles. The third-order valence-corrected chi connectivity index (χ3v) is 5.51. The fraction of sp³-hybridized carbons (Fsp3) is 1.00. The molecule has 1 heterocycles. The summed E-state index contributed by atoms with van der Waals surface area (Å²) < 4.78 is 0. The maximum absolute atomic E-state index is 2.70. The summed E-state index contributed by atoms with van der Waals surface area (Å²) in [6.45, 7) is 14.7. The number of likely N-dealkylation sites (N-methyl/N-ethyl adjacent to an activating group) is 1. The largest absolute Gasteiger partial charge is 0.304 e. The fourth-order valence-corrected chi connectivity index (χ4v) is 3.53. The highest BCUT2D eigenvalue weighted by atomic mass is 15.3. The van der Waals surface area contributed by atoms with E-state index in [0.29, 0.717) is 0 Å². The van der Waals surface area contributed by atoms with Gasteiger partial charge in [0.2, 0.25) is 0 Å². The zero-order valence-corrected chi connectivity index (χ0v) is 13.0. The first-order valence-corrected chi connectivity index (χ1v) is 7.91. The Hall–Kier alpha value is -0.0800. The maximum atomic E-state index is 2.70. The maximum Gasteiger partial charge on any atom is 0.0113 e. The zero-order valence-electron chi connectivity index (χ0n) is 13.0. The summed E-state index contributed by atoms with van der Waals surface area (Å²) in [7, 11) is 2.24. The summed E-state index contributed by atoms with van der Waals surface area (Å²) in [4.78, 5) is 5.15. The number of rotatable bonds is 5. The van der Waals surface area contributed by atoms with E-state index in [-0.39, 0.29) is 0 Å². The van der Waals surface area contributed by atoms with Gasteiger partial charge in [-0.15, -0.1) is 0 Å². The second-order valence-corrected chi connectivity index (χ2v) is 7.19. The molecule has 0 aromatic rings. The van der Waals surface area contributed by atoms with Crippen molar-refractivity contribution in [1.29, 1.82) is 0 Å². The van der Waals surface area contributed by atoms with E-state index in [1.165, 1.54) is 39.0 Å². The lowest BCUT2D eigenvalue weighted by Gasteiger charge is -2.36. The fourth-order valence-electron chi connectivity index (χ4n) is 3.53. The van der Waals surface area contributed by atoms with Gasteiger partial charge in [-0.3, -0.25) is 4.90 Å². The number of hydrogen-bond donors (Lipinski definition) is 0. The molecule has 2 aliphatic rings. The minimum Gasteiger partial charge on any atom is -0.304 e. The van der Waals surface area contributed by atoms with Crippen LogP contribution in [-0.4, -0.2) is 49.1 Å². The molecule has 0 bridgehead atoms. The van der Waals surface area contributed by atoms with E-state index in [9.17, 15) is 0 Å². The summed E-state index contributed by atoms with van der Waals surface area (Å²) in [5, 5.41) is 0. The molecule has 106 valence electrons. The van der Waals surface area contributed by atoms with Crippen LogP contribution in [0.5, 0.6) is 0 Å². The molecule has 2 nitrogen and oxygen atoms in total. The van der Waals surface area contributed by atoms with Gasteiger partial charge in [-0.05, 0) is 50.5 Å². The molecule has 4 atom stereocenters. The predicted octanol–water partition coefficient (Wildman–Crippen LogP) is 2.94. The van der Waals surface area contributed by atoms with E-state index in [1.807, 2.05) is 0 Å². The normalized spacial score (nSPS) is 33.7. The molecule has 1 aliphatic heterocycles. The first-order chi connectivity index (χ1) is 8.49. The molecule has 0 aromatic heterocycles. The summed E-state index contributed by atoms with van der Waals surface area (Å²) in [5.41, 5.74) is 0. The van der Waals surface area contributed by atoms with Gasteiger partial charge in [0.05, 0.1) is 0 Å². The van der Waals surface area contributed by atoms with E-state index in [0.717, 1.165) is 29.7 Å². The van der Waals surface area contributed by atoms with Crippen LogP contribution in [0.2, 0.25) is 0 Å². The van der Waals surface area contributed by atoms with Crippen molar-refractivity contribution in [1.82, 2.24) is 9.80 Å². The van der Waals surface area contributed by atoms with Crippen LogP contribution in [-0.2, 0) is 0 Å². The van der Waals surface area contributed by atoms with Crippen LogP contribution < -0.4 is 0 Å². The molecule has 1 saturated carbocycles. The van der Waals surface area contributed by atoms with Crippen molar-refractivity contribution in [3.05, 3.63) is 0 Å². The average molecular weight is 252 g/mol. The molecule has 2 rings (SSSR count). The minimum absolute atomic E-state index is 0.799. The van der Waals surface area contributed by atoms with Gasteiger partial charge < -0.3 is 4.90 Å². The Morgan fingerprint density at radius 3 is 2.17 bits per heavy atom. The highest BCUT2D eigenvalue weighted by molar-refractivity contribution is 4.93. The Morgan fingerprint density at radius 1 is 1.00 bits per heavy atom. The van der Waals surface area contributed by atoms with Crippen molar-refractivity contribution in [2.75, 3.05) is 33.2 Å². The smallest absolute Gasteiger partial charge is 0.0113 e. The van der Waals surface area contributed by atoms with Crippen LogP contribution in [0.4, 0.5) is 0 Å². The molecule has 0 spiro atoms. The Bertz CT molecular complexity index is 256. The van der Waals surface area contributed by atoms with Crippen molar-refractivity contribution >= 4 is 0 Å². The van der Waals surface area contributed by atoms with E-state index in [2.05, 4.69) is 44.5 Å². The van der Waals surface area contributed by atoms with E-state index < -0.39 is 0 Å². The van der Waals surface area contributed by atoms with Crippen LogP contribution in [0, 0.1) is 23.7 Å². The van der Waals surface area contributed by atoms with Crippen molar-refractivity contribution in [2.45, 2.75) is 46.6 Å². The summed E-state index contributed by atoms with van der Waals surface area (Å²) in [5.74, 6) is 3.84. The van der Waals surface area contributed by atoms with Crippen molar-refractivity contribution < 1.29 is 0 Å². The molecule has 0 N–H and O–H groups in total. The van der Waals surface area contributed by atoms with Gasteiger partial charge in [0.1, 0.15) is 0 Å². The molecule has 1 aliphatic carbocycles. The monoisotopic (exact) mass is 252 g/mol. The molecule has 0 amide bonds. The number of piperazine rings is 1. The third kappa shape index (κ3) is 3.48. The predicted molar refractivity (Wildman–Crippen MR) is 78.7 cm³/mol. The summed E-state index contributed by atoms with van der Waals surface area (Å²) >= 11 is 0. The molecule has 2 heteroatoms. The van der Waals surface area contributed by atoms with Crippen LogP contribution in [0.3, 0.4) is 0 Å². The molecule has 4 unspecified atom stereocenters. The summed E-state index contributed by atoms with van der Waals surface area (Å²) in [6.07, 6.45) is 2.93. The highest BCUT2D eigenvalue weighted by Crippen LogP contribution is 2.49. The molecule has 18 heavy (non-hydrogen) atoms. The van der Waals surface area contributed by atoms with E-state index in [4.69, 9.17) is 0 Å². The Balaban J connectivity index is 1.71. The zero-order chi connectivity index (χ0) is 13.3. The second kappa shape index (κ2) is 5.92. The van der Waals surface area contributed by atoms with Crippen LogP contribution >= 0.6 is 0 Å². The molecule has 0 radical (unpaired) electrons. The van der Waals surface area contributed by atoms with Crippen LogP contribution in [0.1, 0.15) is 40.5 Å². The molecular weight excluding hydrogens is 220 g/mol. The highest BCUT2D eigenvalue weighted by Gasteiger charge is 2.42. The lowest BCUT2D eigenvalue weighted by atomic mass is 9.91. The minimum atomic E-state index is 0.799. The number of nitrogens with zero attached hydrogens (tertiary/aromatic N) is 2. The molecular formula is C16H32N2. The Kier molecular flexibility index (Phi) is 4.71. The second-order valence-electron chi connectivity index (χ2n) is 7.19. The van der Waals surface area contributed by atoms with Crippen LogP contribution in [0.25, 0.3) is 0 Å². The first kappa shape index (κ1) is 14.3. The van der Waals surface area contributed by atoms with Crippen LogP contribution in [0.15, 0.2) is 0 Å². The SMILES string of the molecule is CC(C)C(C)C1CC1CC(C)N1CCN(C)CC1. The lowest BCUT2D eigenvalue weighted by molar-refractivity contribution is 0.110. The summed E-state index contributed by atoms with van der Waals surface area (Å²) in [6, 6.07) is 0.799. The first-order valence-electron chi connectivity index (χ1n) is 7.91. The van der Waals surface area contributed by atoms with Gasteiger partial charge >= 0.3 is 0 Å². The topological polar surface area (TPSA) is 6.48 Å². The standard InChI is InChI=1S/C16H32N2/c1-12(2)14(4)16-11-15(16)10-13(3)18-8-6-17(5)7-9-18/h12-16H,6-11H2,1-5H3.